The molecule has 3 aromatic rings. The largest absolute Gasteiger partial charge is 0.449 e. The molecule has 1 aliphatic rings. The number of hydrogen-bond acceptors (Lipinski definition) is 7. The minimum absolute atomic E-state index is 0.302. The van der Waals surface area contributed by atoms with Gasteiger partial charge in [-0.15, -0.1) is 11.3 Å². The molecule has 146 valence electrons. The lowest BCUT2D eigenvalue weighted by atomic mass is 10.2. The predicted octanol–water partition coefficient (Wildman–Crippen LogP) is 3.72. The Morgan fingerprint density at radius 1 is 1.36 bits per heavy atom. The van der Waals surface area contributed by atoms with Crippen LogP contribution in [-0.2, 0) is 19.6 Å². The van der Waals surface area contributed by atoms with E-state index in [2.05, 4.69) is 14.7 Å². The molecular formula is C18H17N3O4S3. The van der Waals surface area contributed by atoms with Crippen LogP contribution in [0.2, 0.25) is 0 Å². The predicted molar refractivity (Wildman–Crippen MR) is 113 cm³/mol. The number of para-hydroxylation sites is 1. The number of anilines is 1. The molecule has 1 aromatic carbocycles. The number of carbonyl (C=O) groups is 1. The molecule has 0 spiro atoms. The highest BCUT2D eigenvalue weighted by molar-refractivity contribution is 8.15. The molecule has 1 aliphatic heterocycles. The number of fused-ring (bicyclic) bond motifs is 1. The maximum Gasteiger partial charge on any atom is 0.303 e. The minimum atomic E-state index is -3.67. The van der Waals surface area contributed by atoms with E-state index in [0.29, 0.717) is 27.5 Å². The normalized spacial score (nSPS) is 16.9. The molecule has 0 aliphatic carbocycles. The fraction of sp³-hybridized carbons (Fsp3) is 0.222. The topological polar surface area (TPSA) is 101 Å². The zero-order valence-corrected chi connectivity index (χ0v) is 17.5. The first kappa shape index (κ1) is 19.0. The fourth-order valence-corrected chi connectivity index (χ4v) is 6.39. The van der Waals surface area contributed by atoms with Crippen LogP contribution < -0.4 is 4.72 Å². The number of rotatable bonds is 5. The number of H-pyrrole nitrogens is 1. The lowest BCUT2D eigenvalue weighted by Crippen LogP contribution is -2.13. The van der Waals surface area contributed by atoms with Crippen LogP contribution in [0.1, 0.15) is 18.2 Å². The summed E-state index contributed by atoms with van der Waals surface area (Å²) in [6.07, 6.45) is 0. The molecule has 3 heterocycles. The van der Waals surface area contributed by atoms with Gasteiger partial charge >= 0.3 is 5.97 Å². The molecule has 0 saturated carbocycles. The minimum Gasteiger partial charge on any atom is -0.449 e. The quantitative estimate of drug-likeness (QED) is 0.595. The summed E-state index contributed by atoms with van der Waals surface area (Å²) in [5.41, 5.74) is 2.28. The van der Waals surface area contributed by atoms with Crippen LogP contribution in [0, 0.1) is 6.92 Å². The van der Waals surface area contributed by atoms with Crippen molar-refractivity contribution >= 4 is 60.7 Å². The van der Waals surface area contributed by atoms with E-state index in [-0.39, 0.29) is 11.4 Å². The Hall–Kier alpha value is -2.30. The van der Waals surface area contributed by atoms with Gasteiger partial charge in [0.1, 0.15) is 9.25 Å². The number of aromatic nitrogens is 1. The van der Waals surface area contributed by atoms with E-state index >= 15 is 0 Å². The van der Waals surface area contributed by atoms with Crippen LogP contribution >= 0.6 is 23.1 Å². The first-order valence-corrected chi connectivity index (χ1v) is 11.6. The number of sulfonamides is 1. The molecule has 0 saturated heterocycles. The second-order valence-corrected chi connectivity index (χ2v) is 10.2. The van der Waals surface area contributed by atoms with Crippen molar-refractivity contribution < 1.29 is 17.9 Å². The van der Waals surface area contributed by atoms with Gasteiger partial charge in [-0.05, 0) is 36.1 Å². The molecule has 0 bridgehead atoms. The lowest BCUT2D eigenvalue weighted by Gasteiger charge is -2.08. The van der Waals surface area contributed by atoms with Gasteiger partial charge in [0.2, 0.25) is 0 Å². The second-order valence-electron chi connectivity index (χ2n) is 6.25. The number of nitrogens with one attached hydrogen (secondary N) is 2. The Bertz CT molecular complexity index is 1190. The number of benzene rings is 1. The van der Waals surface area contributed by atoms with Crippen molar-refractivity contribution in [2.45, 2.75) is 23.5 Å². The summed E-state index contributed by atoms with van der Waals surface area (Å²) >= 11 is 2.55. The van der Waals surface area contributed by atoms with Gasteiger partial charge in [-0.1, -0.05) is 23.9 Å². The Balaban J connectivity index is 1.63. The standard InChI is InChI=1S/C18H17N3O4S3/c1-10-6-7-26-18(10)28(23,24)21-13-5-3-4-12-8-14(20-16(12)13)17-19-9-15(27-17)25-11(2)22/h3-8,15,20-21H,9H2,1-2H3. The Labute approximate surface area is 170 Å². The first-order valence-electron chi connectivity index (χ1n) is 8.41. The van der Waals surface area contributed by atoms with Crippen molar-refractivity contribution in [3.8, 4) is 0 Å². The number of esters is 1. The van der Waals surface area contributed by atoms with Gasteiger partial charge in [0.25, 0.3) is 10.0 Å². The van der Waals surface area contributed by atoms with Crippen LogP contribution in [0.15, 0.2) is 44.9 Å². The number of ether oxygens (including phenoxy) is 1. The van der Waals surface area contributed by atoms with Gasteiger partial charge < -0.3 is 9.72 Å². The van der Waals surface area contributed by atoms with Crippen molar-refractivity contribution in [2.24, 2.45) is 4.99 Å². The number of aryl methyl sites for hydroxylation is 1. The maximum absolute atomic E-state index is 12.7. The summed E-state index contributed by atoms with van der Waals surface area (Å²) in [6.45, 7) is 3.54. The van der Waals surface area contributed by atoms with E-state index in [9.17, 15) is 13.2 Å². The van der Waals surface area contributed by atoms with Crippen LogP contribution in [0.4, 0.5) is 5.69 Å². The van der Waals surface area contributed by atoms with E-state index < -0.39 is 10.0 Å². The molecule has 7 nitrogen and oxygen atoms in total. The van der Waals surface area contributed by atoms with Crippen molar-refractivity contribution in [3.05, 3.63) is 47.0 Å². The van der Waals surface area contributed by atoms with E-state index in [4.69, 9.17) is 4.74 Å². The molecule has 1 unspecified atom stereocenters. The summed E-state index contributed by atoms with van der Waals surface area (Å²) in [6, 6.07) is 9.10. The number of thiophene rings is 1. The van der Waals surface area contributed by atoms with Crippen LogP contribution in [-0.4, -0.2) is 36.4 Å². The number of hydrogen-bond donors (Lipinski definition) is 2. The summed E-state index contributed by atoms with van der Waals surface area (Å²) in [4.78, 5) is 18.8. The number of thioether (sulfide) groups is 1. The van der Waals surface area contributed by atoms with Crippen LogP contribution in [0.3, 0.4) is 0 Å². The average Bonchev–Trinajstić information content (AvgIpc) is 3.33. The highest BCUT2D eigenvalue weighted by atomic mass is 32.2. The van der Waals surface area contributed by atoms with Crippen LogP contribution in [0.25, 0.3) is 10.9 Å². The molecule has 28 heavy (non-hydrogen) atoms. The fourth-order valence-electron chi connectivity index (χ4n) is 2.93. The number of aliphatic imine (C=N–C) groups is 1. The summed E-state index contributed by atoms with van der Waals surface area (Å²) in [7, 11) is -3.67. The second kappa shape index (κ2) is 7.26. The third-order valence-corrected chi connectivity index (χ3v) is 8.25. The monoisotopic (exact) mass is 435 g/mol. The van der Waals surface area contributed by atoms with E-state index in [1.807, 2.05) is 12.1 Å². The molecule has 1 atom stereocenters. The number of nitrogens with zero attached hydrogens (tertiary/aromatic N) is 1. The highest BCUT2D eigenvalue weighted by Gasteiger charge is 2.25. The van der Waals surface area contributed by atoms with Gasteiger partial charge in [-0.25, -0.2) is 8.42 Å². The average molecular weight is 436 g/mol. The van der Waals surface area contributed by atoms with Crippen molar-refractivity contribution in [1.82, 2.24) is 4.98 Å². The summed E-state index contributed by atoms with van der Waals surface area (Å²) in [5.74, 6) is -0.342. The molecule has 0 amide bonds. The van der Waals surface area contributed by atoms with Gasteiger partial charge in [0.05, 0.1) is 23.4 Å². The van der Waals surface area contributed by atoms with Gasteiger partial charge in [-0.2, -0.15) is 0 Å². The number of aromatic amines is 1. The molecule has 2 aromatic heterocycles. The summed E-state index contributed by atoms with van der Waals surface area (Å²) in [5, 5.41) is 3.34. The van der Waals surface area contributed by atoms with Gasteiger partial charge in [0.15, 0.2) is 5.44 Å². The Kier molecular flexibility index (Phi) is 4.94. The molecule has 2 N–H and O–H groups in total. The first-order chi connectivity index (χ1) is 13.3. The van der Waals surface area contributed by atoms with E-state index in [0.717, 1.165) is 16.1 Å². The molecule has 4 rings (SSSR count). The third kappa shape index (κ3) is 3.67. The maximum atomic E-state index is 12.7. The van der Waals surface area contributed by atoms with Crippen LogP contribution in [0.5, 0.6) is 0 Å². The lowest BCUT2D eigenvalue weighted by molar-refractivity contribution is -0.141. The zero-order valence-electron chi connectivity index (χ0n) is 15.1. The highest BCUT2D eigenvalue weighted by Crippen LogP contribution is 2.32. The Morgan fingerprint density at radius 2 is 2.18 bits per heavy atom. The molecule has 0 radical (unpaired) electrons. The molecular weight excluding hydrogens is 418 g/mol. The third-order valence-electron chi connectivity index (χ3n) is 4.11. The smallest absolute Gasteiger partial charge is 0.303 e. The van der Waals surface area contributed by atoms with E-state index in [1.54, 1.807) is 30.5 Å². The SMILES string of the molecule is CC(=O)OC1CN=C(c2cc3cccc(NS(=O)(=O)c4sccc4C)c3[nH]2)S1. The van der Waals surface area contributed by atoms with Crippen molar-refractivity contribution in [2.75, 3.05) is 11.3 Å². The van der Waals surface area contributed by atoms with Gasteiger partial charge in [0, 0.05) is 12.3 Å². The zero-order chi connectivity index (χ0) is 19.9. The van der Waals surface area contributed by atoms with E-state index in [1.165, 1.54) is 30.0 Å². The van der Waals surface area contributed by atoms with Gasteiger partial charge in [-0.3, -0.25) is 14.5 Å². The Morgan fingerprint density at radius 3 is 2.89 bits per heavy atom. The molecule has 10 heteroatoms. The van der Waals surface area contributed by atoms with Crippen molar-refractivity contribution in [3.63, 3.8) is 0 Å². The van der Waals surface area contributed by atoms with Crippen molar-refractivity contribution in [1.29, 1.82) is 0 Å². The number of carbonyl (C=O) groups excluding carboxylic acids is 1. The molecule has 0 fully saturated rings. The summed E-state index contributed by atoms with van der Waals surface area (Å²) < 4.78 is 33.7.